The Morgan fingerprint density at radius 1 is 1.57 bits per heavy atom. The molecule has 0 saturated carbocycles. The van der Waals surface area contributed by atoms with Crippen molar-refractivity contribution in [2.24, 2.45) is 5.92 Å². The van der Waals surface area contributed by atoms with E-state index in [1.807, 2.05) is 0 Å². The van der Waals surface area contributed by atoms with Gasteiger partial charge in [-0.25, -0.2) is 0 Å². The van der Waals surface area contributed by atoms with E-state index < -0.39 is 0 Å². The lowest BCUT2D eigenvalue weighted by molar-refractivity contribution is 0.260. The zero-order chi connectivity index (χ0) is 5.70. The van der Waals surface area contributed by atoms with Crippen LogP contribution in [0.2, 0.25) is 0 Å². The Bertz CT molecular complexity index is 35.2. The summed E-state index contributed by atoms with van der Waals surface area (Å²) < 4.78 is 0. The van der Waals surface area contributed by atoms with Gasteiger partial charge < -0.3 is 5.11 Å². The highest BCUT2D eigenvalue weighted by Crippen LogP contribution is 2.03. The summed E-state index contributed by atoms with van der Waals surface area (Å²) in [5.41, 5.74) is 0. The van der Waals surface area contributed by atoms with Crippen molar-refractivity contribution in [3.8, 4) is 0 Å². The third-order valence-electron chi connectivity index (χ3n) is 1.32. The van der Waals surface area contributed by atoms with Gasteiger partial charge in [-0.2, -0.15) is 0 Å². The van der Waals surface area contributed by atoms with Gasteiger partial charge >= 0.3 is 0 Å². The molecule has 0 aromatic rings. The molecular weight excluding hydrogens is 88.1 g/mol. The summed E-state index contributed by atoms with van der Waals surface area (Å²) in [4.78, 5) is 0. The normalized spacial score (nSPS) is 14.1. The summed E-state index contributed by atoms with van der Waals surface area (Å²) in [7, 11) is 0. The summed E-state index contributed by atoms with van der Waals surface area (Å²) in [6.45, 7) is 4.63. The molecule has 0 aromatic carbocycles. The molecule has 1 N–H and O–H groups in total. The van der Waals surface area contributed by atoms with Gasteiger partial charge in [-0.3, -0.25) is 0 Å². The minimum absolute atomic E-state index is 0.342. The molecule has 0 spiro atoms. The van der Waals surface area contributed by atoms with Crippen LogP contribution in [0, 0.1) is 5.92 Å². The molecule has 7 heavy (non-hydrogen) atoms. The van der Waals surface area contributed by atoms with Crippen molar-refractivity contribution in [1.82, 2.24) is 0 Å². The number of hydrogen-bond donors (Lipinski definition) is 1. The molecule has 0 heterocycles. The molecule has 0 saturated heterocycles. The first kappa shape index (κ1) is 6.96. The van der Waals surface area contributed by atoms with Gasteiger partial charge in [-0.15, -0.1) is 0 Å². The number of aliphatic hydroxyl groups is 1. The second-order valence-electron chi connectivity index (χ2n) is 2.03. The summed E-state index contributed by atoms with van der Waals surface area (Å²) in [5, 5.41) is 8.37. The van der Waals surface area contributed by atoms with Gasteiger partial charge in [0.1, 0.15) is 0 Å². The van der Waals surface area contributed by atoms with Crippen LogP contribution >= 0.6 is 0 Å². The van der Waals surface area contributed by atoms with Gasteiger partial charge in [0.15, 0.2) is 0 Å². The molecule has 0 fully saturated rings. The van der Waals surface area contributed by atoms with Gasteiger partial charge in [0.25, 0.3) is 0 Å². The highest BCUT2D eigenvalue weighted by atomic mass is 16.2. The first-order valence-corrected chi connectivity index (χ1v) is 2.92. The standard InChI is InChI=1S/C6H14O/c1-3-6(2)4-5-7/h6-7H,3-5H2,1-2H3/t6-/m1/s1. The Labute approximate surface area is 45.4 Å². The molecule has 0 bridgehead atoms. The molecule has 44 valence electrons. The molecule has 0 aliphatic rings. The lowest BCUT2D eigenvalue weighted by atomic mass is 10.1. The van der Waals surface area contributed by atoms with E-state index in [2.05, 4.69) is 13.8 Å². The molecule has 0 radical (unpaired) electrons. The molecule has 0 amide bonds. The third-order valence-corrected chi connectivity index (χ3v) is 1.32. The average Bonchev–Trinajstić information content (AvgIpc) is 1.68. The van der Waals surface area contributed by atoms with Crippen molar-refractivity contribution in [2.75, 3.05) is 6.61 Å². The third kappa shape index (κ3) is 3.80. The molecule has 0 unspecified atom stereocenters. The Morgan fingerprint density at radius 3 is 2.29 bits per heavy atom. The van der Waals surface area contributed by atoms with Gasteiger partial charge in [-0.1, -0.05) is 20.3 Å². The highest BCUT2D eigenvalue weighted by Gasteiger charge is 1.93. The van der Waals surface area contributed by atoms with Crippen molar-refractivity contribution in [3.63, 3.8) is 0 Å². The molecule has 0 rings (SSSR count). The van der Waals surface area contributed by atoms with Crippen molar-refractivity contribution in [2.45, 2.75) is 26.7 Å². The van der Waals surface area contributed by atoms with Crippen LogP contribution in [0.25, 0.3) is 0 Å². The van der Waals surface area contributed by atoms with E-state index in [0.717, 1.165) is 6.42 Å². The lowest BCUT2D eigenvalue weighted by Crippen LogP contribution is -1.94. The minimum Gasteiger partial charge on any atom is -0.396 e. The van der Waals surface area contributed by atoms with Crippen molar-refractivity contribution < 1.29 is 5.11 Å². The van der Waals surface area contributed by atoms with Crippen LogP contribution in [-0.4, -0.2) is 11.7 Å². The monoisotopic (exact) mass is 102 g/mol. The SMILES string of the molecule is CC[C@@H](C)CCO. The molecular formula is C6H14O. The summed E-state index contributed by atoms with van der Waals surface area (Å²) >= 11 is 0. The average molecular weight is 102 g/mol. The van der Waals surface area contributed by atoms with Crippen LogP contribution in [0.15, 0.2) is 0 Å². The predicted molar refractivity (Wildman–Crippen MR) is 31.2 cm³/mol. The molecule has 1 heteroatoms. The van der Waals surface area contributed by atoms with E-state index in [9.17, 15) is 0 Å². The maximum atomic E-state index is 8.37. The summed E-state index contributed by atoms with van der Waals surface area (Å²) in [6, 6.07) is 0. The van der Waals surface area contributed by atoms with Gasteiger partial charge in [0.2, 0.25) is 0 Å². The van der Waals surface area contributed by atoms with Gasteiger partial charge in [0, 0.05) is 6.61 Å². The Morgan fingerprint density at radius 2 is 2.14 bits per heavy atom. The van der Waals surface area contributed by atoms with Crippen LogP contribution in [0.1, 0.15) is 26.7 Å². The number of rotatable bonds is 3. The van der Waals surface area contributed by atoms with Crippen LogP contribution in [0.3, 0.4) is 0 Å². The van der Waals surface area contributed by atoms with Crippen LogP contribution in [0.4, 0.5) is 0 Å². The van der Waals surface area contributed by atoms with E-state index in [0.29, 0.717) is 12.5 Å². The molecule has 1 nitrogen and oxygen atoms in total. The van der Waals surface area contributed by atoms with E-state index in [-0.39, 0.29) is 0 Å². The highest BCUT2D eigenvalue weighted by molar-refractivity contribution is 4.45. The van der Waals surface area contributed by atoms with Gasteiger partial charge in [-0.05, 0) is 12.3 Å². The quantitative estimate of drug-likeness (QED) is 0.571. The van der Waals surface area contributed by atoms with Crippen molar-refractivity contribution in [3.05, 3.63) is 0 Å². The van der Waals surface area contributed by atoms with E-state index in [1.165, 1.54) is 6.42 Å². The van der Waals surface area contributed by atoms with Crippen molar-refractivity contribution in [1.29, 1.82) is 0 Å². The summed E-state index contributed by atoms with van der Waals surface area (Å²) in [5.74, 6) is 0.699. The topological polar surface area (TPSA) is 20.2 Å². The number of hydrogen-bond acceptors (Lipinski definition) is 1. The zero-order valence-corrected chi connectivity index (χ0v) is 5.15. The minimum atomic E-state index is 0.342. The van der Waals surface area contributed by atoms with Crippen molar-refractivity contribution >= 4 is 0 Å². The maximum absolute atomic E-state index is 8.37. The Balaban J connectivity index is 2.83. The second kappa shape index (κ2) is 4.13. The van der Waals surface area contributed by atoms with E-state index in [4.69, 9.17) is 5.11 Å². The Hall–Kier alpha value is -0.0400. The molecule has 0 aliphatic carbocycles. The molecule has 1 atom stereocenters. The van der Waals surface area contributed by atoms with E-state index >= 15 is 0 Å². The fraction of sp³-hybridized carbons (Fsp3) is 1.00. The Kier molecular flexibility index (Phi) is 4.10. The zero-order valence-electron chi connectivity index (χ0n) is 5.15. The maximum Gasteiger partial charge on any atom is 0.0433 e. The molecule has 0 aliphatic heterocycles. The van der Waals surface area contributed by atoms with Crippen LogP contribution < -0.4 is 0 Å². The van der Waals surface area contributed by atoms with E-state index in [1.54, 1.807) is 0 Å². The smallest absolute Gasteiger partial charge is 0.0433 e. The predicted octanol–water partition coefficient (Wildman–Crippen LogP) is 1.41. The first-order chi connectivity index (χ1) is 3.31. The van der Waals surface area contributed by atoms with Gasteiger partial charge in [0.05, 0.1) is 0 Å². The second-order valence-corrected chi connectivity index (χ2v) is 2.03. The fourth-order valence-electron chi connectivity index (χ4n) is 0.425. The molecule has 0 aromatic heterocycles. The fourth-order valence-corrected chi connectivity index (χ4v) is 0.425. The summed E-state index contributed by atoms with van der Waals surface area (Å²) in [6.07, 6.45) is 2.14. The van der Waals surface area contributed by atoms with Crippen LogP contribution in [-0.2, 0) is 0 Å². The largest absolute Gasteiger partial charge is 0.396 e. The first-order valence-electron chi connectivity index (χ1n) is 2.92. The van der Waals surface area contributed by atoms with Crippen LogP contribution in [0.5, 0.6) is 0 Å². The lowest BCUT2D eigenvalue weighted by Gasteiger charge is -2.01. The number of aliphatic hydroxyl groups excluding tert-OH is 1.